The highest BCUT2D eigenvalue weighted by atomic mass is 79.9. The van der Waals surface area contributed by atoms with Gasteiger partial charge in [0.1, 0.15) is 5.82 Å². The number of carbonyl (C=O) groups is 1. The number of aryl methyl sites for hydroxylation is 1. The average molecular weight is 339 g/mol. The molecule has 0 radical (unpaired) electrons. The fourth-order valence-corrected chi connectivity index (χ4v) is 2.20. The van der Waals surface area contributed by atoms with Crippen LogP contribution in [0.15, 0.2) is 28.9 Å². The minimum Gasteiger partial charge on any atom is -0.358 e. The number of anilines is 1. The van der Waals surface area contributed by atoms with Gasteiger partial charge < -0.3 is 15.4 Å². The molecule has 0 spiro atoms. The van der Waals surface area contributed by atoms with E-state index in [2.05, 4.69) is 26.2 Å². The van der Waals surface area contributed by atoms with Crippen molar-refractivity contribution in [1.29, 1.82) is 0 Å². The van der Waals surface area contributed by atoms with Crippen LogP contribution in [0.2, 0.25) is 0 Å². The fourth-order valence-electron chi connectivity index (χ4n) is 1.75. The molecule has 0 aliphatic heterocycles. The van der Waals surface area contributed by atoms with Crippen molar-refractivity contribution in [3.05, 3.63) is 50.2 Å². The van der Waals surface area contributed by atoms with Crippen LogP contribution in [-0.2, 0) is 7.05 Å². The summed E-state index contributed by atoms with van der Waals surface area (Å²) in [7, 11) is 1.47. The molecule has 0 bridgehead atoms. The van der Waals surface area contributed by atoms with E-state index in [1.54, 1.807) is 13.1 Å². The zero-order valence-corrected chi connectivity index (χ0v) is 12.3. The third-order valence-electron chi connectivity index (χ3n) is 2.79. The van der Waals surface area contributed by atoms with Crippen LogP contribution in [0.1, 0.15) is 16.1 Å². The summed E-state index contributed by atoms with van der Waals surface area (Å²) in [5.41, 5.74) is 0.984. The average Bonchev–Trinajstić information content (AvgIpc) is 2.74. The summed E-state index contributed by atoms with van der Waals surface area (Å²) in [5, 5.41) is 13.4. The summed E-state index contributed by atoms with van der Waals surface area (Å²) in [6.45, 7) is 1.81. The van der Waals surface area contributed by atoms with Gasteiger partial charge in [-0.3, -0.25) is 4.79 Å². The van der Waals surface area contributed by atoms with Gasteiger partial charge in [0.05, 0.1) is 7.05 Å². The van der Waals surface area contributed by atoms with E-state index < -0.39 is 10.8 Å². The zero-order valence-electron chi connectivity index (χ0n) is 10.8. The van der Waals surface area contributed by atoms with E-state index in [1.807, 2.05) is 6.07 Å². The number of nitrogens with one attached hydrogen (secondary N) is 1. The van der Waals surface area contributed by atoms with Crippen LogP contribution < -0.4 is 5.32 Å². The third-order valence-corrected chi connectivity index (χ3v) is 3.23. The second-order valence-corrected chi connectivity index (χ2v) is 5.08. The van der Waals surface area contributed by atoms with Crippen LogP contribution in [0.4, 0.5) is 11.6 Å². The molecule has 1 N–H and O–H groups in total. The van der Waals surface area contributed by atoms with Crippen molar-refractivity contribution in [2.24, 2.45) is 7.05 Å². The monoisotopic (exact) mass is 338 g/mol. The minimum absolute atomic E-state index is 0.143. The first kappa shape index (κ1) is 14.2. The normalized spacial score (nSPS) is 10.3. The van der Waals surface area contributed by atoms with Gasteiger partial charge >= 0.3 is 5.82 Å². The number of aromatic nitrogens is 2. The van der Waals surface area contributed by atoms with Crippen LogP contribution in [0.3, 0.4) is 0 Å². The summed E-state index contributed by atoms with van der Waals surface area (Å²) >= 11 is 3.28. The van der Waals surface area contributed by atoms with Gasteiger partial charge in [0.25, 0.3) is 5.91 Å². The maximum absolute atomic E-state index is 12.1. The smallest absolute Gasteiger partial charge is 0.323 e. The molecule has 0 aromatic carbocycles. The van der Waals surface area contributed by atoms with Gasteiger partial charge in [0.15, 0.2) is 5.69 Å². The molecule has 8 heteroatoms. The maximum Gasteiger partial charge on any atom is 0.323 e. The molecule has 0 fully saturated rings. The van der Waals surface area contributed by atoms with Crippen molar-refractivity contribution in [3.63, 3.8) is 0 Å². The summed E-state index contributed by atoms with van der Waals surface area (Å²) < 4.78 is 2.03. The molecule has 0 aliphatic carbocycles. The Balaban J connectivity index is 2.26. The highest BCUT2D eigenvalue weighted by Crippen LogP contribution is 2.19. The van der Waals surface area contributed by atoms with Crippen molar-refractivity contribution in [3.8, 4) is 0 Å². The van der Waals surface area contributed by atoms with Crippen molar-refractivity contribution in [2.75, 3.05) is 5.32 Å². The quantitative estimate of drug-likeness (QED) is 0.688. The largest absolute Gasteiger partial charge is 0.358 e. The summed E-state index contributed by atoms with van der Waals surface area (Å²) in [4.78, 5) is 26.4. The lowest BCUT2D eigenvalue weighted by atomic mass is 10.3. The van der Waals surface area contributed by atoms with E-state index in [1.165, 1.54) is 23.7 Å². The van der Waals surface area contributed by atoms with Crippen LogP contribution in [-0.4, -0.2) is 20.4 Å². The van der Waals surface area contributed by atoms with E-state index >= 15 is 0 Å². The Labute approximate surface area is 122 Å². The number of hydrogen-bond acceptors (Lipinski definition) is 4. The van der Waals surface area contributed by atoms with Crippen LogP contribution in [0.25, 0.3) is 0 Å². The first-order chi connectivity index (χ1) is 9.40. The van der Waals surface area contributed by atoms with Gasteiger partial charge in [0.2, 0.25) is 0 Å². The Bertz CT molecular complexity index is 696. The van der Waals surface area contributed by atoms with E-state index in [9.17, 15) is 14.9 Å². The Morgan fingerprint density at radius 1 is 1.50 bits per heavy atom. The predicted molar refractivity (Wildman–Crippen MR) is 76.7 cm³/mol. The topological polar surface area (TPSA) is 90.1 Å². The van der Waals surface area contributed by atoms with Crippen molar-refractivity contribution in [1.82, 2.24) is 9.55 Å². The molecule has 0 aliphatic rings. The zero-order chi connectivity index (χ0) is 14.9. The first-order valence-electron chi connectivity index (χ1n) is 5.63. The summed E-state index contributed by atoms with van der Waals surface area (Å²) in [6, 6.07) is 4.51. The number of hydrogen-bond donors (Lipinski definition) is 1. The lowest BCUT2D eigenvalue weighted by Gasteiger charge is -2.06. The lowest BCUT2D eigenvalue weighted by Crippen LogP contribution is -2.17. The molecule has 0 saturated carbocycles. The second kappa shape index (κ2) is 5.41. The molecule has 7 nitrogen and oxygen atoms in total. The molecule has 104 valence electrons. The number of carbonyl (C=O) groups excluding carboxylic acids is 1. The number of amides is 1. The van der Waals surface area contributed by atoms with Gasteiger partial charge in [-0.25, -0.2) is 9.55 Å². The Kier molecular flexibility index (Phi) is 3.84. The molecule has 20 heavy (non-hydrogen) atoms. The Morgan fingerprint density at radius 2 is 2.20 bits per heavy atom. The molecule has 0 saturated heterocycles. The second-order valence-electron chi connectivity index (χ2n) is 4.17. The molecule has 2 heterocycles. The van der Waals surface area contributed by atoms with Crippen molar-refractivity contribution < 1.29 is 9.72 Å². The minimum atomic E-state index is -0.542. The Hall–Kier alpha value is -2.22. The van der Waals surface area contributed by atoms with Gasteiger partial charge in [-0.15, -0.1) is 0 Å². The molecule has 0 atom stereocenters. The standard InChI is InChI=1S/C12H11BrN4O3/c1-7-5-8(13)6-14-11(7)15-12(18)9-3-4-10(16(9)2)17(19)20/h3-6H,1-2H3,(H,14,15,18). The first-order valence-corrected chi connectivity index (χ1v) is 6.43. The van der Waals surface area contributed by atoms with E-state index in [0.717, 1.165) is 10.0 Å². The predicted octanol–water partition coefficient (Wildman–Crippen LogP) is 2.65. The summed E-state index contributed by atoms with van der Waals surface area (Å²) in [6.07, 6.45) is 1.57. The third kappa shape index (κ3) is 2.69. The number of rotatable bonds is 3. The van der Waals surface area contributed by atoms with Crippen molar-refractivity contribution in [2.45, 2.75) is 6.92 Å². The van der Waals surface area contributed by atoms with Gasteiger partial charge in [-0.05, 0) is 45.5 Å². The fraction of sp³-hybridized carbons (Fsp3) is 0.167. The highest BCUT2D eigenvalue weighted by Gasteiger charge is 2.21. The Morgan fingerprint density at radius 3 is 2.75 bits per heavy atom. The number of nitrogens with zero attached hydrogens (tertiary/aromatic N) is 3. The van der Waals surface area contributed by atoms with Crippen LogP contribution in [0, 0.1) is 17.0 Å². The molecular formula is C12H11BrN4O3. The van der Waals surface area contributed by atoms with E-state index in [0.29, 0.717) is 5.82 Å². The lowest BCUT2D eigenvalue weighted by molar-refractivity contribution is -0.391. The maximum atomic E-state index is 12.1. The number of pyridine rings is 1. The molecule has 1 amide bonds. The van der Waals surface area contributed by atoms with E-state index in [-0.39, 0.29) is 11.5 Å². The molecule has 2 aromatic heterocycles. The van der Waals surface area contributed by atoms with E-state index in [4.69, 9.17) is 0 Å². The number of nitro groups is 1. The van der Waals surface area contributed by atoms with Crippen LogP contribution in [0.5, 0.6) is 0 Å². The summed E-state index contributed by atoms with van der Waals surface area (Å²) in [5.74, 6) is -0.170. The SMILES string of the molecule is Cc1cc(Br)cnc1NC(=O)c1ccc([N+](=O)[O-])n1C. The van der Waals surface area contributed by atoms with Crippen LogP contribution >= 0.6 is 15.9 Å². The van der Waals surface area contributed by atoms with Gasteiger partial charge in [-0.1, -0.05) is 0 Å². The van der Waals surface area contributed by atoms with Gasteiger partial charge in [-0.2, -0.15) is 0 Å². The molecule has 2 aromatic rings. The number of halogens is 1. The molecular weight excluding hydrogens is 328 g/mol. The van der Waals surface area contributed by atoms with Crippen molar-refractivity contribution >= 4 is 33.5 Å². The van der Waals surface area contributed by atoms with Gasteiger partial charge in [0, 0.05) is 16.7 Å². The molecule has 2 rings (SSSR count). The highest BCUT2D eigenvalue weighted by molar-refractivity contribution is 9.10. The molecule has 0 unspecified atom stereocenters.